The number of amidine groups is 1. The van der Waals surface area contributed by atoms with E-state index in [1.165, 1.54) is 0 Å². The Morgan fingerprint density at radius 3 is 2.70 bits per heavy atom. The number of rotatable bonds is 5. The second kappa shape index (κ2) is 6.52. The number of aromatic nitrogens is 1. The minimum absolute atomic E-state index is 0.0741. The van der Waals surface area contributed by atoms with Crippen molar-refractivity contribution in [2.24, 2.45) is 5.73 Å². The summed E-state index contributed by atoms with van der Waals surface area (Å²) in [5.74, 6) is 0.0741. The van der Waals surface area contributed by atoms with Crippen molar-refractivity contribution in [2.75, 3.05) is 11.4 Å². The summed E-state index contributed by atoms with van der Waals surface area (Å²) in [5, 5.41) is 7.47. The van der Waals surface area contributed by atoms with E-state index in [2.05, 4.69) is 32.7 Å². The smallest absolute Gasteiger partial charge is 0.122 e. The molecule has 4 nitrogen and oxygen atoms in total. The molecule has 0 aliphatic carbocycles. The summed E-state index contributed by atoms with van der Waals surface area (Å²) in [7, 11) is 0. The first-order valence-corrected chi connectivity index (χ1v) is 7.20. The van der Waals surface area contributed by atoms with Gasteiger partial charge >= 0.3 is 0 Å². The summed E-state index contributed by atoms with van der Waals surface area (Å²) in [6, 6.07) is 11.6. The first kappa shape index (κ1) is 14.5. The van der Waals surface area contributed by atoms with Gasteiger partial charge in [0.15, 0.2) is 0 Å². The fourth-order valence-corrected chi connectivity index (χ4v) is 2.61. The van der Waals surface area contributed by atoms with Crippen molar-refractivity contribution in [3.05, 3.63) is 58.3 Å². The van der Waals surface area contributed by atoms with Crippen molar-refractivity contribution in [1.82, 2.24) is 4.98 Å². The van der Waals surface area contributed by atoms with Crippen LogP contribution in [0.3, 0.4) is 0 Å². The van der Waals surface area contributed by atoms with Gasteiger partial charge in [-0.05, 0) is 53.2 Å². The molecule has 0 aliphatic heterocycles. The van der Waals surface area contributed by atoms with E-state index in [4.69, 9.17) is 11.1 Å². The van der Waals surface area contributed by atoms with Crippen LogP contribution in [0.1, 0.15) is 18.2 Å². The Hall–Kier alpha value is -1.88. The molecule has 0 aliphatic rings. The molecule has 0 unspecified atom stereocenters. The maximum atomic E-state index is 7.47. The Kier molecular flexibility index (Phi) is 4.74. The number of nitrogens with zero attached hydrogens (tertiary/aromatic N) is 2. The fourth-order valence-electron chi connectivity index (χ4n) is 1.99. The minimum atomic E-state index is 0.0741. The molecule has 2 aromatic rings. The lowest BCUT2D eigenvalue weighted by molar-refractivity contribution is 0.807. The van der Waals surface area contributed by atoms with Gasteiger partial charge in [0.1, 0.15) is 5.84 Å². The maximum Gasteiger partial charge on any atom is 0.122 e. The van der Waals surface area contributed by atoms with Gasteiger partial charge in [-0.15, -0.1) is 0 Å². The van der Waals surface area contributed by atoms with Crippen LogP contribution in [0.15, 0.2) is 47.1 Å². The molecule has 0 radical (unpaired) electrons. The molecule has 2 rings (SSSR count). The largest absolute Gasteiger partial charge is 0.384 e. The van der Waals surface area contributed by atoms with E-state index >= 15 is 0 Å². The van der Waals surface area contributed by atoms with Crippen LogP contribution in [0.2, 0.25) is 0 Å². The molecule has 1 aromatic heterocycles. The fraction of sp³-hybridized carbons (Fsp3) is 0.200. The van der Waals surface area contributed by atoms with Crippen molar-refractivity contribution < 1.29 is 0 Å². The van der Waals surface area contributed by atoms with Crippen molar-refractivity contribution in [2.45, 2.75) is 13.5 Å². The average Bonchev–Trinajstić information content (AvgIpc) is 2.46. The lowest BCUT2D eigenvalue weighted by Crippen LogP contribution is -2.23. The molecule has 3 N–H and O–H groups in total. The lowest BCUT2D eigenvalue weighted by Gasteiger charge is -2.24. The molecule has 0 atom stereocenters. The predicted octanol–water partition coefficient (Wildman–Crippen LogP) is 3.15. The van der Waals surface area contributed by atoms with Gasteiger partial charge in [0, 0.05) is 22.8 Å². The molecule has 0 saturated heterocycles. The molecular weight excluding hydrogens is 316 g/mol. The molecule has 1 heterocycles. The molecule has 20 heavy (non-hydrogen) atoms. The third-order valence-corrected chi connectivity index (χ3v) is 3.70. The maximum absolute atomic E-state index is 7.47. The normalized spacial score (nSPS) is 10.3. The zero-order chi connectivity index (χ0) is 14.5. The summed E-state index contributed by atoms with van der Waals surface area (Å²) >= 11 is 3.56. The number of benzene rings is 1. The number of anilines is 1. The van der Waals surface area contributed by atoms with Gasteiger partial charge in [-0.2, -0.15) is 0 Å². The topological polar surface area (TPSA) is 66.0 Å². The SMILES string of the molecule is CCN(Cc1ccccn1)c1ccc(C(=N)N)cc1Br. The van der Waals surface area contributed by atoms with Crippen molar-refractivity contribution >= 4 is 27.5 Å². The molecule has 0 fully saturated rings. The van der Waals surface area contributed by atoms with Crippen LogP contribution >= 0.6 is 15.9 Å². The Morgan fingerprint density at radius 1 is 1.35 bits per heavy atom. The Bertz CT molecular complexity index is 598. The van der Waals surface area contributed by atoms with E-state index in [0.717, 1.165) is 34.5 Å². The van der Waals surface area contributed by atoms with E-state index in [1.54, 1.807) is 6.20 Å². The minimum Gasteiger partial charge on any atom is -0.384 e. The summed E-state index contributed by atoms with van der Waals surface area (Å²) in [6.45, 7) is 3.72. The molecule has 0 spiro atoms. The molecule has 0 amide bonds. The second-order valence-corrected chi connectivity index (χ2v) is 5.27. The summed E-state index contributed by atoms with van der Waals surface area (Å²) < 4.78 is 0.933. The van der Waals surface area contributed by atoms with Gasteiger partial charge in [-0.25, -0.2) is 0 Å². The molecule has 0 bridgehead atoms. The number of pyridine rings is 1. The van der Waals surface area contributed by atoms with Crippen molar-refractivity contribution in [3.63, 3.8) is 0 Å². The summed E-state index contributed by atoms with van der Waals surface area (Å²) in [6.07, 6.45) is 1.80. The Balaban J connectivity index is 2.26. The van der Waals surface area contributed by atoms with Crippen LogP contribution in [0.25, 0.3) is 0 Å². The quantitative estimate of drug-likeness (QED) is 0.652. The number of nitrogen functional groups attached to an aromatic ring is 1. The summed E-state index contributed by atoms with van der Waals surface area (Å²) in [4.78, 5) is 6.57. The van der Waals surface area contributed by atoms with Crippen LogP contribution in [0.5, 0.6) is 0 Å². The van der Waals surface area contributed by atoms with Gasteiger partial charge in [0.05, 0.1) is 17.9 Å². The van der Waals surface area contributed by atoms with Crippen LogP contribution < -0.4 is 10.6 Å². The van der Waals surface area contributed by atoms with Gasteiger partial charge in [0.25, 0.3) is 0 Å². The standard InChI is InChI=1S/C15H17BrN4/c1-2-20(10-12-5-3-4-8-19-12)14-7-6-11(15(17)18)9-13(14)16/h3-9H,2,10H2,1H3,(H3,17,18). The molecule has 104 valence electrons. The lowest BCUT2D eigenvalue weighted by atomic mass is 10.1. The van der Waals surface area contributed by atoms with Gasteiger partial charge in [0.2, 0.25) is 0 Å². The van der Waals surface area contributed by atoms with E-state index in [-0.39, 0.29) is 5.84 Å². The monoisotopic (exact) mass is 332 g/mol. The van der Waals surface area contributed by atoms with Crippen molar-refractivity contribution in [3.8, 4) is 0 Å². The van der Waals surface area contributed by atoms with E-state index in [9.17, 15) is 0 Å². The van der Waals surface area contributed by atoms with Crippen LogP contribution in [-0.2, 0) is 6.54 Å². The highest BCUT2D eigenvalue weighted by atomic mass is 79.9. The van der Waals surface area contributed by atoms with Crippen molar-refractivity contribution in [1.29, 1.82) is 5.41 Å². The third kappa shape index (κ3) is 3.36. The number of hydrogen-bond donors (Lipinski definition) is 2. The predicted molar refractivity (Wildman–Crippen MR) is 86.1 cm³/mol. The van der Waals surface area contributed by atoms with Gasteiger partial charge in [-0.1, -0.05) is 6.07 Å². The van der Waals surface area contributed by atoms with Crippen LogP contribution in [0.4, 0.5) is 5.69 Å². The summed E-state index contributed by atoms with van der Waals surface area (Å²) in [5.41, 5.74) is 8.32. The molecule has 0 saturated carbocycles. The van der Waals surface area contributed by atoms with Gasteiger partial charge in [-0.3, -0.25) is 10.4 Å². The zero-order valence-electron chi connectivity index (χ0n) is 11.3. The Labute approximate surface area is 127 Å². The number of nitrogens with two attached hydrogens (primary N) is 1. The van der Waals surface area contributed by atoms with E-state index in [0.29, 0.717) is 0 Å². The van der Waals surface area contributed by atoms with Crippen LogP contribution in [-0.4, -0.2) is 17.4 Å². The average molecular weight is 333 g/mol. The zero-order valence-corrected chi connectivity index (χ0v) is 12.9. The van der Waals surface area contributed by atoms with E-state index < -0.39 is 0 Å². The highest BCUT2D eigenvalue weighted by Gasteiger charge is 2.11. The number of nitrogens with one attached hydrogen (secondary N) is 1. The van der Waals surface area contributed by atoms with Crippen LogP contribution in [0, 0.1) is 5.41 Å². The number of halogens is 1. The molecule has 1 aromatic carbocycles. The molecular formula is C15H17BrN4. The highest BCUT2D eigenvalue weighted by Crippen LogP contribution is 2.28. The molecule has 5 heteroatoms. The first-order chi connectivity index (χ1) is 9.61. The second-order valence-electron chi connectivity index (χ2n) is 4.42. The first-order valence-electron chi connectivity index (χ1n) is 6.40. The number of hydrogen-bond acceptors (Lipinski definition) is 3. The van der Waals surface area contributed by atoms with Gasteiger partial charge < -0.3 is 10.6 Å². The Morgan fingerprint density at radius 2 is 2.15 bits per heavy atom. The third-order valence-electron chi connectivity index (χ3n) is 3.06. The highest BCUT2D eigenvalue weighted by molar-refractivity contribution is 9.10. The van der Waals surface area contributed by atoms with E-state index in [1.807, 2.05) is 36.4 Å².